The number of hydrogen-bond donors (Lipinski definition) is 1. The molecule has 0 radical (unpaired) electrons. The highest BCUT2D eigenvalue weighted by Crippen LogP contribution is 2.28. The molecule has 96 valence electrons. The van der Waals surface area contributed by atoms with E-state index in [1.54, 1.807) is 16.7 Å². The molecule has 6 heteroatoms. The molecule has 0 spiro atoms. The molecule has 0 unspecified atom stereocenters. The van der Waals surface area contributed by atoms with Crippen molar-refractivity contribution < 1.29 is 4.92 Å². The van der Waals surface area contributed by atoms with Gasteiger partial charge in [0.2, 0.25) is 0 Å². The van der Waals surface area contributed by atoms with E-state index in [1.165, 1.54) is 12.1 Å². The molecule has 0 aliphatic heterocycles. The molecular weight excluding hydrogens is 244 g/mol. The van der Waals surface area contributed by atoms with Gasteiger partial charge in [-0.2, -0.15) is 5.26 Å². The van der Waals surface area contributed by atoms with Crippen molar-refractivity contribution in [3.8, 4) is 11.8 Å². The normalized spacial score (nSPS) is 10.2. The first-order valence-corrected chi connectivity index (χ1v) is 5.59. The fourth-order valence-electron chi connectivity index (χ4n) is 2.03. The van der Waals surface area contributed by atoms with Crippen LogP contribution >= 0.6 is 0 Å². The average molecular weight is 256 g/mol. The lowest BCUT2D eigenvalue weighted by Gasteiger charge is -2.08. The van der Waals surface area contributed by atoms with E-state index in [2.05, 4.69) is 6.07 Å². The second-order valence-corrected chi connectivity index (χ2v) is 4.19. The van der Waals surface area contributed by atoms with Crippen molar-refractivity contribution >= 4 is 11.5 Å². The molecule has 0 aliphatic rings. The first kappa shape index (κ1) is 12.6. The number of nitrogen functional groups attached to an aromatic ring is 1. The van der Waals surface area contributed by atoms with Crippen molar-refractivity contribution in [3.05, 3.63) is 51.2 Å². The molecule has 2 N–H and O–H groups in total. The van der Waals surface area contributed by atoms with Crippen molar-refractivity contribution in [2.75, 3.05) is 5.73 Å². The zero-order chi connectivity index (χ0) is 14.2. The van der Waals surface area contributed by atoms with Gasteiger partial charge in [0.05, 0.1) is 10.5 Å². The number of nitrogens with two attached hydrogens (primary N) is 1. The molecule has 0 saturated heterocycles. The van der Waals surface area contributed by atoms with Gasteiger partial charge in [0, 0.05) is 23.5 Å². The maximum Gasteiger partial charge on any atom is 0.269 e. The van der Waals surface area contributed by atoms with Gasteiger partial charge in [-0.25, -0.2) is 0 Å². The minimum Gasteiger partial charge on any atom is -0.384 e. The summed E-state index contributed by atoms with van der Waals surface area (Å²) in [5, 5.41) is 19.7. The van der Waals surface area contributed by atoms with Crippen LogP contribution in [0.25, 0.3) is 5.69 Å². The number of non-ortho nitro benzene ring substituents is 1. The summed E-state index contributed by atoms with van der Waals surface area (Å²) >= 11 is 0. The van der Waals surface area contributed by atoms with E-state index in [0.29, 0.717) is 17.1 Å². The van der Waals surface area contributed by atoms with Crippen molar-refractivity contribution in [3.63, 3.8) is 0 Å². The van der Waals surface area contributed by atoms with Crippen LogP contribution in [0.5, 0.6) is 0 Å². The van der Waals surface area contributed by atoms with Gasteiger partial charge in [0.1, 0.15) is 11.9 Å². The predicted molar refractivity (Wildman–Crippen MR) is 71.0 cm³/mol. The molecule has 2 rings (SSSR count). The second kappa shape index (κ2) is 4.46. The van der Waals surface area contributed by atoms with Crippen molar-refractivity contribution in [1.82, 2.24) is 4.57 Å². The summed E-state index contributed by atoms with van der Waals surface area (Å²) < 4.78 is 1.72. The lowest BCUT2D eigenvalue weighted by molar-refractivity contribution is -0.384. The number of aromatic nitrogens is 1. The third-order valence-corrected chi connectivity index (χ3v) is 3.18. The highest BCUT2D eigenvalue weighted by Gasteiger charge is 2.16. The molecule has 19 heavy (non-hydrogen) atoms. The number of benzene rings is 1. The van der Waals surface area contributed by atoms with E-state index in [0.717, 1.165) is 11.3 Å². The SMILES string of the molecule is Cc1c(C#N)c(N)n(-c2ccc([N+](=O)[O-])cc2)c1C. The van der Waals surface area contributed by atoms with Crippen LogP contribution in [0.1, 0.15) is 16.8 Å². The summed E-state index contributed by atoms with van der Waals surface area (Å²) in [6, 6.07) is 8.12. The summed E-state index contributed by atoms with van der Waals surface area (Å²) in [5.74, 6) is 0.353. The Labute approximate surface area is 109 Å². The lowest BCUT2D eigenvalue weighted by Crippen LogP contribution is -2.02. The Balaban J connectivity index is 2.60. The minimum absolute atomic E-state index is 0.0179. The van der Waals surface area contributed by atoms with Crippen LogP contribution in [0.2, 0.25) is 0 Å². The molecule has 0 amide bonds. The van der Waals surface area contributed by atoms with Crippen molar-refractivity contribution in [2.45, 2.75) is 13.8 Å². The van der Waals surface area contributed by atoms with Gasteiger partial charge >= 0.3 is 0 Å². The van der Waals surface area contributed by atoms with Gasteiger partial charge in [0.15, 0.2) is 0 Å². The van der Waals surface area contributed by atoms with Crippen LogP contribution in [-0.4, -0.2) is 9.49 Å². The van der Waals surface area contributed by atoms with Gasteiger partial charge in [-0.05, 0) is 31.5 Å². The zero-order valence-corrected chi connectivity index (χ0v) is 10.5. The molecule has 1 aromatic carbocycles. The number of nitriles is 1. The summed E-state index contributed by atoms with van der Waals surface area (Å²) in [5.41, 5.74) is 8.78. The number of rotatable bonds is 2. The Morgan fingerprint density at radius 1 is 1.32 bits per heavy atom. The number of nitro benzene ring substituents is 1. The number of nitrogens with zero attached hydrogens (tertiary/aromatic N) is 3. The maximum absolute atomic E-state index is 10.6. The first-order valence-electron chi connectivity index (χ1n) is 5.59. The topological polar surface area (TPSA) is 97.9 Å². The average Bonchev–Trinajstić information content (AvgIpc) is 2.60. The van der Waals surface area contributed by atoms with Crippen LogP contribution in [-0.2, 0) is 0 Å². The van der Waals surface area contributed by atoms with E-state index in [1.807, 2.05) is 13.8 Å². The summed E-state index contributed by atoms with van der Waals surface area (Å²) in [6.45, 7) is 3.68. The highest BCUT2D eigenvalue weighted by molar-refractivity contribution is 5.62. The minimum atomic E-state index is -0.457. The van der Waals surface area contributed by atoms with E-state index in [-0.39, 0.29) is 5.69 Å². The molecule has 1 heterocycles. The van der Waals surface area contributed by atoms with Gasteiger partial charge in [-0.3, -0.25) is 14.7 Å². The monoisotopic (exact) mass is 256 g/mol. The van der Waals surface area contributed by atoms with Crippen LogP contribution in [0.4, 0.5) is 11.5 Å². The molecule has 0 atom stereocenters. The third kappa shape index (κ3) is 1.91. The van der Waals surface area contributed by atoms with E-state index in [9.17, 15) is 10.1 Å². The van der Waals surface area contributed by atoms with Crippen LogP contribution in [0.15, 0.2) is 24.3 Å². The summed E-state index contributed by atoms with van der Waals surface area (Å²) in [6.07, 6.45) is 0. The molecule has 0 bridgehead atoms. The fraction of sp³-hybridized carbons (Fsp3) is 0.154. The largest absolute Gasteiger partial charge is 0.384 e. The Kier molecular flexibility index (Phi) is 2.97. The summed E-state index contributed by atoms with van der Waals surface area (Å²) in [4.78, 5) is 10.2. The molecular formula is C13H12N4O2. The molecule has 0 aliphatic carbocycles. The molecule has 0 fully saturated rings. The van der Waals surface area contributed by atoms with Crippen LogP contribution in [0, 0.1) is 35.3 Å². The quantitative estimate of drug-likeness (QED) is 0.659. The van der Waals surface area contributed by atoms with Crippen molar-refractivity contribution in [2.24, 2.45) is 0 Å². The molecule has 2 aromatic rings. The second-order valence-electron chi connectivity index (χ2n) is 4.19. The van der Waals surface area contributed by atoms with Crippen LogP contribution in [0.3, 0.4) is 0 Å². The number of anilines is 1. The Morgan fingerprint density at radius 2 is 1.89 bits per heavy atom. The van der Waals surface area contributed by atoms with Gasteiger partial charge in [0.25, 0.3) is 5.69 Å². The van der Waals surface area contributed by atoms with Gasteiger partial charge in [-0.15, -0.1) is 0 Å². The van der Waals surface area contributed by atoms with Gasteiger partial charge < -0.3 is 5.73 Å². The fourth-order valence-corrected chi connectivity index (χ4v) is 2.03. The van der Waals surface area contributed by atoms with Crippen LogP contribution < -0.4 is 5.73 Å². The Bertz CT molecular complexity index is 693. The standard InChI is InChI=1S/C13H12N4O2/c1-8-9(2)16(13(15)12(8)7-14)10-3-5-11(6-4-10)17(18)19/h3-6H,15H2,1-2H3. The van der Waals surface area contributed by atoms with E-state index in [4.69, 9.17) is 11.0 Å². The highest BCUT2D eigenvalue weighted by atomic mass is 16.6. The van der Waals surface area contributed by atoms with Gasteiger partial charge in [-0.1, -0.05) is 0 Å². The first-order chi connectivity index (χ1) is 8.97. The maximum atomic E-state index is 10.6. The number of hydrogen-bond acceptors (Lipinski definition) is 4. The van der Waals surface area contributed by atoms with E-state index >= 15 is 0 Å². The zero-order valence-electron chi connectivity index (χ0n) is 10.5. The lowest BCUT2D eigenvalue weighted by atomic mass is 10.2. The van der Waals surface area contributed by atoms with E-state index < -0.39 is 4.92 Å². The Hall–Kier alpha value is -2.81. The van der Waals surface area contributed by atoms with Crippen molar-refractivity contribution in [1.29, 1.82) is 5.26 Å². The Morgan fingerprint density at radius 3 is 2.32 bits per heavy atom. The summed E-state index contributed by atoms with van der Waals surface area (Å²) in [7, 11) is 0. The number of nitro groups is 1. The smallest absolute Gasteiger partial charge is 0.269 e. The third-order valence-electron chi connectivity index (χ3n) is 3.18. The molecule has 1 aromatic heterocycles. The molecule has 6 nitrogen and oxygen atoms in total. The predicted octanol–water partition coefficient (Wildman–Crippen LogP) is 2.46. The molecule has 0 saturated carbocycles.